The standard InChI is InChI=1S/C15H16ClN3O2/c1-8-9(3-4-21-8)7-19(2)13-6-12-10(5-11(13)16)14(17)15(20)18-12/h3-6,14H,7,17H2,1-2H3,(H,18,20). The van der Waals surface area contributed by atoms with E-state index in [1.807, 2.05) is 31.0 Å². The molecule has 1 amide bonds. The minimum Gasteiger partial charge on any atom is -0.469 e. The van der Waals surface area contributed by atoms with Gasteiger partial charge in [0.05, 0.1) is 17.0 Å². The SMILES string of the molecule is Cc1occc1CN(C)c1cc2c(cc1Cl)C(N)C(=O)N2. The first kappa shape index (κ1) is 14.0. The summed E-state index contributed by atoms with van der Waals surface area (Å²) >= 11 is 6.34. The summed E-state index contributed by atoms with van der Waals surface area (Å²) in [5.74, 6) is 0.681. The predicted molar refractivity (Wildman–Crippen MR) is 82.6 cm³/mol. The quantitative estimate of drug-likeness (QED) is 0.914. The number of nitrogens with two attached hydrogens (primary N) is 1. The van der Waals surface area contributed by atoms with Crippen molar-refractivity contribution in [3.8, 4) is 0 Å². The average molecular weight is 306 g/mol. The van der Waals surface area contributed by atoms with Gasteiger partial charge in [0, 0.05) is 30.4 Å². The molecule has 6 heteroatoms. The zero-order valence-electron chi connectivity index (χ0n) is 11.8. The van der Waals surface area contributed by atoms with Gasteiger partial charge in [-0.25, -0.2) is 0 Å². The molecule has 0 bridgehead atoms. The first-order valence-corrected chi connectivity index (χ1v) is 6.99. The van der Waals surface area contributed by atoms with Crippen LogP contribution in [0, 0.1) is 6.92 Å². The number of hydrogen-bond donors (Lipinski definition) is 2. The van der Waals surface area contributed by atoms with Crippen LogP contribution >= 0.6 is 11.6 Å². The number of fused-ring (bicyclic) bond motifs is 1. The predicted octanol–water partition coefficient (Wildman–Crippen LogP) is 2.83. The number of carbonyl (C=O) groups is 1. The van der Waals surface area contributed by atoms with Crippen molar-refractivity contribution in [2.75, 3.05) is 17.3 Å². The molecular weight excluding hydrogens is 290 g/mol. The third-order valence-electron chi connectivity index (χ3n) is 3.78. The van der Waals surface area contributed by atoms with Gasteiger partial charge in [-0.3, -0.25) is 4.79 Å². The zero-order valence-corrected chi connectivity index (χ0v) is 12.6. The summed E-state index contributed by atoms with van der Waals surface area (Å²) in [6.07, 6.45) is 1.67. The molecule has 2 heterocycles. The number of furan rings is 1. The molecule has 1 atom stereocenters. The summed E-state index contributed by atoms with van der Waals surface area (Å²) in [5.41, 5.74) is 9.21. The molecule has 0 aliphatic carbocycles. The van der Waals surface area contributed by atoms with E-state index >= 15 is 0 Å². The molecule has 0 radical (unpaired) electrons. The first-order valence-electron chi connectivity index (χ1n) is 6.61. The van der Waals surface area contributed by atoms with Crippen molar-refractivity contribution in [1.29, 1.82) is 0 Å². The van der Waals surface area contributed by atoms with Gasteiger partial charge in [-0.1, -0.05) is 11.6 Å². The van der Waals surface area contributed by atoms with Gasteiger partial charge < -0.3 is 20.4 Å². The summed E-state index contributed by atoms with van der Waals surface area (Å²) in [5, 5.41) is 3.35. The molecule has 0 fully saturated rings. The maximum atomic E-state index is 11.6. The van der Waals surface area contributed by atoms with Crippen molar-refractivity contribution >= 4 is 28.9 Å². The Labute approximate surface area is 127 Å². The molecule has 110 valence electrons. The maximum Gasteiger partial charge on any atom is 0.245 e. The molecule has 1 unspecified atom stereocenters. The molecular formula is C15H16ClN3O2. The number of hydrogen-bond acceptors (Lipinski definition) is 4. The molecule has 3 rings (SSSR count). The highest BCUT2D eigenvalue weighted by molar-refractivity contribution is 6.33. The van der Waals surface area contributed by atoms with Crippen molar-refractivity contribution in [1.82, 2.24) is 0 Å². The number of aryl methyl sites for hydroxylation is 1. The lowest BCUT2D eigenvalue weighted by Crippen LogP contribution is -2.19. The Morgan fingerprint density at radius 2 is 2.24 bits per heavy atom. The topological polar surface area (TPSA) is 71.5 Å². The number of nitrogens with one attached hydrogen (secondary N) is 1. The summed E-state index contributed by atoms with van der Waals surface area (Å²) in [6.45, 7) is 2.59. The van der Waals surface area contributed by atoms with E-state index in [9.17, 15) is 4.79 Å². The molecule has 2 aromatic rings. The van der Waals surface area contributed by atoms with Crippen molar-refractivity contribution in [3.63, 3.8) is 0 Å². The smallest absolute Gasteiger partial charge is 0.245 e. The molecule has 0 spiro atoms. The van der Waals surface area contributed by atoms with E-state index in [4.69, 9.17) is 21.8 Å². The van der Waals surface area contributed by atoms with Gasteiger partial charge in [0.2, 0.25) is 5.91 Å². The molecule has 0 saturated heterocycles. The van der Waals surface area contributed by atoms with Crippen LogP contribution in [0.2, 0.25) is 5.02 Å². The lowest BCUT2D eigenvalue weighted by Gasteiger charge is -2.21. The maximum absolute atomic E-state index is 11.6. The summed E-state index contributed by atoms with van der Waals surface area (Å²) in [6, 6.07) is 4.91. The van der Waals surface area contributed by atoms with Crippen molar-refractivity contribution in [3.05, 3.63) is 46.4 Å². The number of benzene rings is 1. The van der Waals surface area contributed by atoms with E-state index in [1.54, 1.807) is 12.3 Å². The Kier molecular flexibility index (Phi) is 3.39. The first-order chi connectivity index (χ1) is 9.97. The zero-order chi connectivity index (χ0) is 15.1. The van der Waals surface area contributed by atoms with Crippen LogP contribution < -0.4 is 16.0 Å². The number of halogens is 1. The van der Waals surface area contributed by atoms with Crippen molar-refractivity contribution in [2.45, 2.75) is 19.5 Å². The van der Waals surface area contributed by atoms with Crippen LogP contribution in [0.1, 0.15) is 22.9 Å². The van der Waals surface area contributed by atoms with Crippen molar-refractivity contribution < 1.29 is 9.21 Å². The lowest BCUT2D eigenvalue weighted by atomic mass is 10.1. The fraction of sp³-hybridized carbons (Fsp3) is 0.267. The van der Waals surface area contributed by atoms with Gasteiger partial charge in [0.1, 0.15) is 11.8 Å². The van der Waals surface area contributed by atoms with Gasteiger partial charge in [0.25, 0.3) is 0 Å². The average Bonchev–Trinajstić information content (AvgIpc) is 2.95. The summed E-state index contributed by atoms with van der Waals surface area (Å²) < 4.78 is 5.30. The van der Waals surface area contributed by atoms with Crippen LogP contribution in [0.25, 0.3) is 0 Å². The second-order valence-electron chi connectivity index (χ2n) is 5.22. The van der Waals surface area contributed by atoms with E-state index < -0.39 is 6.04 Å². The number of rotatable bonds is 3. The Bertz CT molecular complexity index is 711. The van der Waals surface area contributed by atoms with E-state index in [-0.39, 0.29) is 5.91 Å². The van der Waals surface area contributed by atoms with E-state index in [2.05, 4.69) is 5.32 Å². The molecule has 3 N–H and O–H groups in total. The Morgan fingerprint density at radius 1 is 1.48 bits per heavy atom. The minimum absolute atomic E-state index is 0.202. The van der Waals surface area contributed by atoms with Crippen LogP contribution in [0.3, 0.4) is 0 Å². The number of amides is 1. The fourth-order valence-corrected chi connectivity index (χ4v) is 2.82. The highest BCUT2D eigenvalue weighted by Crippen LogP contribution is 2.38. The summed E-state index contributed by atoms with van der Waals surface area (Å²) in [4.78, 5) is 13.6. The Morgan fingerprint density at radius 3 is 2.90 bits per heavy atom. The Balaban J connectivity index is 1.91. The van der Waals surface area contributed by atoms with Crippen molar-refractivity contribution in [2.24, 2.45) is 5.73 Å². The van der Waals surface area contributed by atoms with E-state index in [0.717, 1.165) is 28.3 Å². The van der Waals surface area contributed by atoms with Gasteiger partial charge in [0.15, 0.2) is 0 Å². The Hall–Kier alpha value is -1.98. The van der Waals surface area contributed by atoms with Crippen LogP contribution in [-0.4, -0.2) is 13.0 Å². The van der Waals surface area contributed by atoms with Gasteiger partial charge in [-0.05, 0) is 25.1 Å². The molecule has 5 nitrogen and oxygen atoms in total. The van der Waals surface area contributed by atoms with E-state index in [1.165, 1.54) is 0 Å². The third-order valence-corrected chi connectivity index (χ3v) is 4.08. The van der Waals surface area contributed by atoms with Crippen LogP contribution in [-0.2, 0) is 11.3 Å². The van der Waals surface area contributed by atoms with Gasteiger partial charge >= 0.3 is 0 Å². The monoisotopic (exact) mass is 305 g/mol. The third kappa shape index (κ3) is 2.39. The number of carbonyl (C=O) groups excluding carboxylic acids is 1. The lowest BCUT2D eigenvalue weighted by molar-refractivity contribution is -0.116. The van der Waals surface area contributed by atoms with Gasteiger partial charge in [-0.2, -0.15) is 0 Å². The fourth-order valence-electron chi connectivity index (χ4n) is 2.50. The van der Waals surface area contributed by atoms with Crippen LogP contribution in [0.4, 0.5) is 11.4 Å². The normalized spacial score (nSPS) is 16.8. The van der Waals surface area contributed by atoms with E-state index in [0.29, 0.717) is 11.6 Å². The summed E-state index contributed by atoms with van der Waals surface area (Å²) in [7, 11) is 1.94. The largest absolute Gasteiger partial charge is 0.469 e. The molecule has 0 saturated carbocycles. The minimum atomic E-state index is -0.645. The molecule has 1 aliphatic rings. The second-order valence-corrected chi connectivity index (χ2v) is 5.62. The highest BCUT2D eigenvalue weighted by Gasteiger charge is 2.28. The molecule has 21 heavy (non-hydrogen) atoms. The number of nitrogens with zero attached hydrogens (tertiary/aromatic N) is 1. The molecule has 1 aromatic heterocycles. The number of anilines is 2. The molecule has 1 aliphatic heterocycles. The second kappa shape index (κ2) is 5.09. The van der Waals surface area contributed by atoms with Gasteiger partial charge in [-0.15, -0.1) is 0 Å². The highest BCUT2D eigenvalue weighted by atomic mass is 35.5. The van der Waals surface area contributed by atoms with Crippen LogP contribution in [0.15, 0.2) is 28.9 Å². The van der Waals surface area contributed by atoms with Crippen LogP contribution in [0.5, 0.6) is 0 Å². The molecule has 1 aromatic carbocycles.